The molecule has 0 bridgehead atoms. The van der Waals surface area contributed by atoms with Crippen LogP contribution in [0.3, 0.4) is 0 Å². The van der Waals surface area contributed by atoms with E-state index in [4.69, 9.17) is 11.6 Å². The number of halogens is 1. The average molecular weight is 520 g/mol. The molecule has 0 radical (unpaired) electrons. The average Bonchev–Trinajstić information content (AvgIpc) is 3.48. The van der Waals surface area contributed by atoms with Crippen LogP contribution in [-0.4, -0.2) is 39.7 Å². The van der Waals surface area contributed by atoms with Gasteiger partial charge in [-0.15, -0.1) is 0 Å². The van der Waals surface area contributed by atoms with Crippen molar-refractivity contribution >= 4 is 51.4 Å². The van der Waals surface area contributed by atoms with Crippen molar-refractivity contribution in [3.63, 3.8) is 0 Å². The second kappa shape index (κ2) is 8.34. The van der Waals surface area contributed by atoms with E-state index in [0.29, 0.717) is 34.6 Å². The number of nitrogens with zero attached hydrogens (tertiary/aromatic N) is 5. The van der Waals surface area contributed by atoms with Gasteiger partial charge < -0.3 is 20.0 Å². The molecule has 0 spiro atoms. The SMILES string of the molecule is Cn1c(Nc2cccc(C3CC3C(=O)O)n2)nc2c1c(=O)n(Cc1cc3c(Cl)cccc3[nH]1)c(=O)n2C. The maximum Gasteiger partial charge on any atom is 0.332 e. The predicted octanol–water partition coefficient (Wildman–Crippen LogP) is 2.94. The van der Waals surface area contributed by atoms with Crippen LogP contribution in [-0.2, 0) is 25.4 Å². The highest BCUT2D eigenvalue weighted by Gasteiger charge is 2.45. The number of pyridine rings is 1. The molecule has 4 heterocycles. The first-order valence-electron chi connectivity index (χ1n) is 11.6. The standard InChI is InChI=1S/C25H22ClN7O4/c1-31-20-21(30-24(31)29-19-8-4-7-17(28-19)13-10-14(13)23(35)36)32(2)25(37)33(22(20)34)11-12-9-15-16(26)5-3-6-18(15)27-12/h3-9,13-14,27H,10-11H2,1-2H3,(H,35,36)(H,28,29,30). The second-order valence-corrected chi connectivity index (χ2v) is 9.66. The Kier molecular flexibility index (Phi) is 5.19. The summed E-state index contributed by atoms with van der Waals surface area (Å²) in [7, 11) is 3.25. The largest absolute Gasteiger partial charge is 0.481 e. The number of hydrogen-bond acceptors (Lipinski definition) is 6. The van der Waals surface area contributed by atoms with Gasteiger partial charge in [-0.3, -0.25) is 18.7 Å². The lowest BCUT2D eigenvalue weighted by Gasteiger charge is -2.08. The van der Waals surface area contributed by atoms with Crippen LogP contribution < -0.4 is 16.6 Å². The van der Waals surface area contributed by atoms with E-state index in [0.717, 1.165) is 15.5 Å². The monoisotopic (exact) mass is 519 g/mol. The van der Waals surface area contributed by atoms with Gasteiger partial charge in [-0.25, -0.2) is 9.78 Å². The number of carboxylic acid groups (broad SMARTS) is 1. The fraction of sp³-hybridized carbons (Fsp3) is 0.240. The molecule has 0 aliphatic heterocycles. The minimum Gasteiger partial charge on any atom is -0.481 e. The topological polar surface area (TPSA) is 140 Å². The van der Waals surface area contributed by atoms with Crippen LogP contribution in [0.4, 0.5) is 11.8 Å². The zero-order valence-corrected chi connectivity index (χ0v) is 20.7. The Morgan fingerprint density at radius 3 is 2.68 bits per heavy atom. The zero-order valence-electron chi connectivity index (χ0n) is 19.9. The number of carbonyl (C=O) groups is 1. The number of hydrogen-bond donors (Lipinski definition) is 3. The van der Waals surface area contributed by atoms with Crippen molar-refractivity contribution in [2.75, 3.05) is 5.32 Å². The lowest BCUT2D eigenvalue weighted by atomic mass is 10.2. The van der Waals surface area contributed by atoms with Crippen molar-refractivity contribution in [3.8, 4) is 0 Å². The number of fused-ring (bicyclic) bond motifs is 2. The molecule has 188 valence electrons. The van der Waals surface area contributed by atoms with Crippen LogP contribution in [0.25, 0.3) is 22.1 Å². The predicted molar refractivity (Wildman–Crippen MR) is 139 cm³/mol. The van der Waals surface area contributed by atoms with Crippen LogP contribution in [0, 0.1) is 5.92 Å². The number of rotatable bonds is 6. The lowest BCUT2D eigenvalue weighted by Crippen LogP contribution is -2.39. The van der Waals surface area contributed by atoms with Crippen molar-refractivity contribution in [1.82, 2.24) is 28.7 Å². The first-order chi connectivity index (χ1) is 17.7. The van der Waals surface area contributed by atoms with Crippen molar-refractivity contribution < 1.29 is 9.90 Å². The summed E-state index contributed by atoms with van der Waals surface area (Å²) < 4.78 is 4.08. The fourth-order valence-corrected chi connectivity index (χ4v) is 4.99. The molecule has 6 rings (SSSR count). The highest BCUT2D eigenvalue weighted by atomic mass is 35.5. The molecule has 4 aromatic heterocycles. The quantitative estimate of drug-likeness (QED) is 0.313. The van der Waals surface area contributed by atoms with Crippen LogP contribution >= 0.6 is 11.6 Å². The number of nitrogens with one attached hydrogen (secondary N) is 2. The Bertz CT molecular complexity index is 1850. The summed E-state index contributed by atoms with van der Waals surface area (Å²) >= 11 is 6.28. The van der Waals surface area contributed by atoms with Gasteiger partial charge in [0, 0.05) is 47.3 Å². The Hall–Kier alpha value is -4.38. The summed E-state index contributed by atoms with van der Waals surface area (Å²) in [6.45, 7) is 0.0378. The van der Waals surface area contributed by atoms with E-state index >= 15 is 0 Å². The summed E-state index contributed by atoms with van der Waals surface area (Å²) in [6.07, 6.45) is 0.558. The highest BCUT2D eigenvalue weighted by Crippen LogP contribution is 2.47. The molecule has 0 amide bonds. The molecule has 1 fully saturated rings. The van der Waals surface area contributed by atoms with Crippen molar-refractivity contribution in [2.45, 2.75) is 18.9 Å². The number of aromatic amines is 1. The number of imidazole rings is 1. The van der Waals surface area contributed by atoms with Gasteiger partial charge in [0.1, 0.15) is 5.82 Å². The molecule has 1 aliphatic rings. The smallest absolute Gasteiger partial charge is 0.332 e. The van der Waals surface area contributed by atoms with E-state index in [1.165, 1.54) is 4.57 Å². The third kappa shape index (κ3) is 3.78. The van der Waals surface area contributed by atoms with E-state index in [1.54, 1.807) is 42.9 Å². The van der Waals surface area contributed by atoms with Crippen LogP contribution in [0.1, 0.15) is 23.7 Å². The van der Waals surface area contributed by atoms with Crippen LogP contribution in [0.2, 0.25) is 5.02 Å². The van der Waals surface area contributed by atoms with E-state index in [2.05, 4.69) is 20.3 Å². The third-order valence-electron chi connectivity index (χ3n) is 6.85. The number of anilines is 2. The van der Waals surface area contributed by atoms with E-state index in [9.17, 15) is 19.5 Å². The Balaban J connectivity index is 1.37. The Morgan fingerprint density at radius 1 is 1.16 bits per heavy atom. The molecule has 2 unspecified atom stereocenters. The van der Waals surface area contributed by atoms with Gasteiger partial charge in [-0.1, -0.05) is 23.7 Å². The number of H-pyrrole nitrogens is 1. The first kappa shape index (κ1) is 23.0. The summed E-state index contributed by atoms with van der Waals surface area (Å²) in [5.74, 6) is -0.569. The minimum absolute atomic E-state index is 0.0378. The molecule has 1 aliphatic carbocycles. The van der Waals surface area contributed by atoms with Crippen molar-refractivity contribution in [1.29, 1.82) is 0 Å². The molecular formula is C25H22ClN7O4. The fourth-order valence-electron chi connectivity index (χ4n) is 4.76. The molecule has 5 aromatic rings. The summed E-state index contributed by atoms with van der Waals surface area (Å²) in [4.78, 5) is 50.1. The van der Waals surface area contributed by atoms with Gasteiger partial charge in [-0.2, -0.15) is 4.98 Å². The van der Waals surface area contributed by atoms with Crippen molar-refractivity contribution in [2.24, 2.45) is 20.0 Å². The van der Waals surface area contributed by atoms with E-state index in [-0.39, 0.29) is 23.6 Å². The number of carboxylic acids is 1. The Labute approximate surface area is 214 Å². The molecular weight excluding hydrogens is 498 g/mol. The first-order valence-corrected chi connectivity index (χ1v) is 12.0. The van der Waals surface area contributed by atoms with Crippen LogP contribution in [0.5, 0.6) is 0 Å². The van der Waals surface area contributed by atoms with Gasteiger partial charge in [0.2, 0.25) is 5.95 Å². The minimum atomic E-state index is -0.826. The third-order valence-corrected chi connectivity index (χ3v) is 7.18. The summed E-state index contributed by atoms with van der Waals surface area (Å²) in [5.41, 5.74) is 1.68. The number of benzene rings is 1. The summed E-state index contributed by atoms with van der Waals surface area (Å²) in [5, 5.41) is 13.7. The van der Waals surface area contributed by atoms with E-state index < -0.39 is 23.1 Å². The second-order valence-electron chi connectivity index (χ2n) is 9.25. The van der Waals surface area contributed by atoms with Gasteiger partial charge in [0.25, 0.3) is 5.56 Å². The molecule has 1 aromatic carbocycles. The Morgan fingerprint density at radius 2 is 1.95 bits per heavy atom. The van der Waals surface area contributed by atoms with Crippen molar-refractivity contribution in [3.05, 3.63) is 79.7 Å². The summed E-state index contributed by atoms with van der Waals surface area (Å²) in [6, 6.07) is 12.6. The normalized spacial score (nSPS) is 16.9. The molecule has 1 saturated carbocycles. The maximum absolute atomic E-state index is 13.5. The van der Waals surface area contributed by atoms with E-state index in [1.807, 2.05) is 18.2 Å². The van der Waals surface area contributed by atoms with Gasteiger partial charge in [0.15, 0.2) is 11.2 Å². The zero-order chi connectivity index (χ0) is 26.0. The molecule has 3 N–H and O–H groups in total. The number of aliphatic carboxylic acids is 1. The highest BCUT2D eigenvalue weighted by molar-refractivity contribution is 6.35. The van der Waals surface area contributed by atoms with Gasteiger partial charge >= 0.3 is 11.7 Å². The van der Waals surface area contributed by atoms with Gasteiger partial charge in [-0.05, 0) is 36.8 Å². The number of aromatic nitrogens is 6. The lowest BCUT2D eigenvalue weighted by molar-refractivity contribution is -0.138. The molecule has 0 saturated heterocycles. The molecule has 2 atom stereocenters. The number of aryl methyl sites for hydroxylation is 2. The molecule has 37 heavy (non-hydrogen) atoms. The maximum atomic E-state index is 13.5. The molecule has 11 nitrogen and oxygen atoms in total. The van der Waals surface area contributed by atoms with Gasteiger partial charge in [0.05, 0.1) is 12.5 Å². The van der Waals surface area contributed by atoms with Crippen LogP contribution in [0.15, 0.2) is 52.1 Å². The molecule has 12 heteroatoms.